The first-order valence-electron chi connectivity index (χ1n) is 12.3. The molecule has 0 saturated carbocycles. The Morgan fingerprint density at radius 1 is 0.389 bits per heavy atom. The van der Waals surface area contributed by atoms with Crippen LogP contribution in [0.15, 0.2) is 146 Å². The van der Waals surface area contributed by atoms with Crippen LogP contribution in [-0.2, 0) is 0 Å². The summed E-state index contributed by atoms with van der Waals surface area (Å²) in [5.41, 5.74) is 3.77. The van der Waals surface area contributed by atoms with Crippen molar-refractivity contribution in [1.29, 1.82) is 0 Å². The first-order chi connectivity index (χ1) is 17.8. The standard InChI is InChI=1S/C22H16.C14H10/c1-2-17-18-12-6-8-14-20(18)22(16-10-4-3-5-11-16)21-15-9-7-13-19(17)21;1-2-6-12-10-14-8-4-3-7-13(14)9-11(12)5-1/h2-15H,1H2;1-10H. The summed E-state index contributed by atoms with van der Waals surface area (Å²) in [5.74, 6) is 0. The molecule has 0 amide bonds. The summed E-state index contributed by atoms with van der Waals surface area (Å²) in [6, 6.07) is 49.2. The quantitative estimate of drug-likeness (QED) is 0.226. The molecule has 0 aliphatic rings. The molecule has 0 unspecified atom stereocenters. The van der Waals surface area contributed by atoms with Crippen molar-refractivity contribution in [1.82, 2.24) is 0 Å². The van der Waals surface area contributed by atoms with Crippen LogP contribution in [0.1, 0.15) is 5.56 Å². The Hall–Kier alpha value is -4.68. The van der Waals surface area contributed by atoms with Crippen LogP contribution in [0.4, 0.5) is 0 Å². The second-order valence-electron chi connectivity index (χ2n) is 9.00. The normalized spacial score (nSPS) is 10.9. The van der Waals surface area contributed by atoms with Gasteiger partial charge in [0.05, 0.1) is 0 Å². The molecule has 0 heteroatoms. The molecule has 170 valence electrons. The van der Waals surface area contributed by atoms with Crippen LogP contribution >= 0.6 is 0 Å². The molecule has 0 bridgehead atoms. The lowest BCUT2D eigenvalue weighted by Crippen LogP contribution is -1.89. The highest BCUT2D eigenvalue weighted by Gasteiger charge is 2.12. The summed E-state index contributed by atoms with van der Waals surface area (Å²) in [6.07, 6.45) is 1.97. The maximum absolute atomic E-state index is 4.03. The molecule has 0 aliphatic carbocycles. The zero-order valence-corrected chi connectivity index (χ0v) is 20.1. The van der Waals surface area contributed by atoms with E-state index in [2.05, 4.69) is 146 Å². The molecule has 0 heterocycles. The first-order valence-corrected chi connectivity index (χ1v) is 12.3. The number of rotatable bonds is 2. The van der Waals surface area contributed by atoms with Gasteiger partial charge in [-0.25, -0.2) is 0 Å². The van der Waals surface area contributed by atoms with E-state index in [0.29, 0.717) is 0 Å². The summed E-state index contributed by atoms with van der Waals surface area (Å²) in [7, 11) is 0. The SMILES string of the molecule is C=Cc1c2ccccc2c(-c2ccccc2)c2ccccc12.c1ccc2cc3ccccc3cc2c1. The van der Waals surface area contributed by atoms with E-state index >= 15 is 0 Å². The van der Waals surface area contributed by atoms with E-state index in [4.69, 9.17) is 0 Å². The number of hydrogen-bond donors (Lipinski definition) is 0. The van der Waals surface area contributed by atoms with Crippen LogP contribution in [-0.4, -0.2) is 0 Å². The van der Waals surface area contributed by atoms with Gasteiger partial charge in [-0.2, -0.15) is 0 Å². The second-order valence-corrected chi connectivity index (χ2v) is 9.00. The first kappa shape index (κ1) is 21.8. The van der Waals surface area contributed by atoms with Gasteiger partial charge in [-0.1, -0.05) is 140 Å². The van der Waals surface area contributed by atoms with E-state index in [1.807, 2.05) is 6.08 Å². The van der Waals surface area contributed by atoms with Gasteiger partial charge in [0.1, 0.15) is 0 Å². The van der Waals surface area contributed by atoms with Gasteiger partial charge in [-0.3, -0.25) is 0 Å². The Kier molecular flexibility index (Phi) is 5.77. The van der Waals surface area contributed by atoms with E-state index in [1.165, 1.54) is 59.8 Å². The highest BCUT2D eigenvalue weighted by molar-refractivity contribution is 6.17. The Labute approximate surface area is 211 Å². The van der Waals surface area contributed by atoms with Crippen molar-refractivity contribution in [3.63, 3.8) is 0 Å². The van der Waals surface area contributed by atoms with Crippen molar-refractivity contribution in [3.05, 3.63) is 152 Å². The predicted molar refractivity (Wildman–Crippen MR) is 158 cm³/mol. The summed E-state index contributed by atoms with van der Waals surface area (Å²) in [6.45, 7) is 4.03. The van der Waals surface area contributed by atoms with Gasteiger partial charge >= 0.3 is 0 Å². The van der Waals surface area contributed by atoms with E-state index in [1.54, 1.807) is 0 Å². The van der Waals surface area contributed by atoms with E-state index in [0.717, 1.165) is 0 Å². The Morgan fingerprint density at radius 2 is 0.750 bits per heavy atom. The average Bonchev–Trinajstić information content (AvgIpc) is 2.95. The van der Waals surface area contributed by atoms with Crippen LogP contribution in [0.3, 0.4) is 0 Å². The molecule has 0 radical (unpaired) electrons. The molecule has 0 fully saturated rings. The fraction of sp³-hybridized carbons (Fsp3) is 0. The Balaban J connectivity index is 0.000000147. The molecule has 0 N–H and O–H groups in total. The van der Waals surface area contributed by atoms with Crippen LogP contribution in [0.2, 0.25) is 0 Å². The lowest BCUT2D eigenvalue weighted by molar-refractivity contribution is 1.67. The number of fused-ring (bicyclic) bond motifs is 4. The van der Waals surface area contributed by atoms with Crippen molar-refractivity contribution in [2.24, 2.45) is 0 Å². The summed E-state index contributed by atoms with van der Waals surface area (Å²) < 4.78 is 0. The molecule has 0 aromatic heterocycles. The van der Waals surface area contributed by atoms with Gasteiger partial charge in [0.25, 0.3) is 0 Å². The Morgan fingerprint density at radius 3 is 1.17 bits per heavy atom. The third-order valence-electron chi connectivity index (χ3n) is 6.85. The molecular formula is C36H26. The van der Waals surface area contributed by atoms with E-state index < -0.39 is 0 Å². The maximum Gasteiger partial charge on any atom is -0.00264 e. The topological polar surface area (TPSA) is 0 Å². The molecule has 7 aromatic carbocycles. The summed E-state index contributed by atoms with van der Waals surface area (Å²) >= 11 is 0. The second kappa shape index (κ2) is 9.52. The summed E-state index contributed by atoms with van der Waals surface area (Å²) in [4.78, 5) is 0. The van der Waals surface area contributed by atoms with Crippen molar-refractivity contribution in [3.8, 4) is 11.1 Å². The highest BCUT2D eigenvalue weighted by atomic mass is 14.2. The third-order valence-corrected chi connectivity index (χ3v) is 6.85. The minimum absolute atomic E-state index is 1.21. The van der Waals surface area contributed by atoms with Gasteiger partial charge in [0.15, 0.2) is 0 Å². The molecule has 0 nitrogen and oxygen atoms in total. The van der Waals surface area contributed by atoms with Gasteiger partial charge in [-0.05, 0) is 71.9 Å². The van der Waals surface area contributed by atoms with Crippen LogP contribution in [0.5, 0.6) is 0 Å². The maximum atomic E-state index is 4.03. The third kappa shape index (κ3) is 3.93. The average molecular weight is 459 g/mol. The predicted octanol–water partition coefficient (Wildman–Crippen LogP) is 10.3. The zero-order valence-electron chi connectivity index (χ0n) is 20.1. The van der Waals surface area contributed by atoms with Gasteiger partial charge < -0.3 is 0 Å². The summed E-state index contributed by atoms with van der Waals surface area (Å²) in [5, 5.41) is 10.3. The smallest absolute Gasteiger partial charge is 0.00264 e. The van der Waals surface area contributed by atoms with E-state index in [9.17, 15) is 0 Å². The molecule has 0 spiro atoms. The largest absolute Gasteiger partial charge is 0.0984 e. The van der Waals surface area contributed by atoms with Crippen molar-refractivity contribution in [2.45, 2.75) is 0 Å². The van der Waals surface area contributed by atoms with Crippen LogP contribution in [0.25, 0.3) is 60.3 Å². The minimum atomic E-state index is 1.21. The molecule has 0 saturated heterocycles. The number of benzene rings is 7. The fourth-order valence-corrected chi connectivity index (χ4v) is 5.18. The molecular weight excluding hydrogens is 432 g/mol. The Bertz CT molecular complexity index is 1680. The monoisotopic (exact) mass is 458 g/mol. The molecule has 36 heavy (non-hydrogen) atoms. The van der Waals surface area contributed by atoms with E-state index in [-0.39, 0.29) is 0 Å². The minimum Gasteiger partial charge on any atom is -0.0984 e. The van der Waals surface area contributed by atoms with Crippen molar-refractivity contribution < 1.29 is 0 Å². The van der Waals surface area contributed by atoms with Gasteiger partial charge in [0.2, 0.25) is 0 Å². The lowest BCUT2D eigenvalue weighted by Gasteiger charge is -2.15. The zero-order chi connectivity index (χ0) is 24.3. The highest BCUT2D eigenvalue weighted by Crippen LogP contribution is 2.39. The van der Waals surface area contributed by atoms with Gasteiger partial charge in [-0.15, -0.1) is 0 Å². The number of hydrogen-bond acceptors (Lipinski definition) is 0. The molecule has 7 aromatic rings. The molecule has 7 rings (SSSR count). The molecule has 0 atom stereocenters. The fourth-order valence-electron chi connectivity index (χ4n) is 5.18. The van der Waals surface area contributed by atoms with Crippen LogP contribution < -0.4 is 0 Å². The van der Waals surface area contributed by atoms with Crippen LogP contribution in [0, 0.1) is 0 Å². The van der Waals surface area contributed by atoms with Crippen molar-refractivity contribution >= 4 is 49.2 Å². The molecule has 0 aliphatic heterocycles. The van der Waals surface area contributed by atoms with Gasteiger partial charge in [0, 0.05) is 0 Å². The lowest BCUT2D eigenvalue weighted by atomic mass is 9.88. The van der Waals surface area contributed by atoms with Crippen molar-refractivity contribution in [2.75, 3.05) is 0 Å².